The second-order valence-electron chi connectivity index (χ2n) is 17.1. The topological polar surface area (TPSA) is 175 Å². The molecular formula is C45H48F3N9O5S. The summed E-state index contributed by atoms with van der Waals surface area (Å²) in [5.41, 5.74) is -0.264. The maximum atomic E-state index is 14.0. The van der Waals surface area contributed by atoms with Gasteiger partial charge in [-0.15, -0.1) is 0 Å². The fourth-order valence-electron chi connectivity index (χ4n) is 8.85. The van der Waals surface area contributed by atoms with E-state index in [2.05, 4.69) is 45.3 Å². The highest BCUT2D eigenvalue weighted by Crippen LogP contribution is 2.49. The lowest BCUT2D eigenvalue weighted by Gasteiger charge is -2.43. The molecule has 14 nitrogen and oxygen atoms in total. The first-order valence-electron chi connectivity index (χ1n) is 21.0. The van der Waals surface area contributed by atoms with Crippen molar-refractivity contribution in [2.24, 2.45) is 0 Å². The van der Waals surface area contributed by atoms with Crippen LogP contribution in [0.2, 0.25) is 0 Å². The minimum Gasteiger partial charge on any atom is -0.476 e. The third-order valence-corrected chi connectivity index (χ3v) is 12.8. The molecule has 2 N–H and O–H groups in total. The van der Waals surface area contributed by atoms with Gasteiger partial charge in [0, 0.05) is 55.1 Å². The van der Waals surface area contributed by atoms with Gasteiger partial charge in [-0.1, -0.05) is 13.8 Å². The number of hydrogen-bond donors (Lipinski definition) is 2. The number of nitrogens with one attached hydrogen (secondary N) is 2. The van der Waals surface area contributed by atoms with Crippen molar-refractivity contribution in [2.75, 3.05) is 53.2 Å². The summed E-state index contributed by atoms with van der Waals surface area (Å²) in [6.45, 7) is 10.4. The molecule has 18 heteroatoms. The molecule has 0 radical (unpaired) electrons. The van der Waals surface area contributed by atoms with Crippen molar-refractivity contribution in [3.63, 3.8) is 0 Å². The number of Topliss-reactive ketones (excluding diaryl/α,β-unsaturated/α-hetero) is 2. The SMILES string of the molecule is CC(C)c1cc(N2C(=S)N(c3ccc(C#N)c(C(F)(F)F)c3)C(=O)C23CCC3)cnc1OCCN1C[C@@H](C)N(CC(=O)Nc2cc(C#N)cc(NC3CCC(=O)CC3=O)c2)C[C@H]1C. The Labute approximate surface area is 368 Å². The molecular weight excluding hydrogens is 836 g/mol. The third kappa shape index (κ3) is 9.25. The van der Waals surface area contributed by atoms with Gasteiger partial charge in [0.1, 0.15) is 17.9 Å². The molecule has 2 saturated heterocycles. The van der Waals surface area contributed by atoms with Crippen LogP contribution in [0.1, 0.15) is 94.4 Å². The van der Waals surface area contributed by atoms with Crippen molar-refractivity contribution in [1.29, 1.82) is 10.5 Å². The third-order valence-electron chi connectivity index (χ3n) is 12.4. The molecule has 3 atom stereocenters. The second kappa shape index (κ2) is 18.0. The molecule has 330 valence electrons. The van der Waals surface area contributed by atoms with Crippen molar-refractivity contribution in [3.05, 3.63) is 70.9 Å². The Morgan fingerprint density at radius 3 is 2.37 bits per heavy atom. The Hall–Kier alpha value is -5.95. The van der Waals surface area contributed by atoms with Crippen molar-refractivity contribution >= 4 is 63.5 Å². The van der Waals surface area contributed by atoms with Gasteiger partial charge in [-0.05, 0) is 100 Å². The Bertz CT molecular complexity index is 2430. The van der Waals surface area contributed by atoms with E-state index in [1.807, 2.05) is 19.9 Å². The Kier molecular flexibility index (Phi) is 12.9. The van der Waals surface area contributed by atoms with Gasteiger partial charge >= 0.3 is 6.18 Å². The summed E-state index contributed by atoms with van der Waals surface area (Å²) >= 11 is 5.82. The molecule has 4 aliphatic rings. The number of halogens is 3. The van der Waals surface area contributed by atoms with Gasteiger partial charge in [-0.25, -0.2) is 4.98 Å². The molecule has 1 unspecified atom stereocenters. The van der Waals surface area contributed by atoms with Crippen LogP contribution in [0.5, 0.6) is 5.88 Å². The summed E-state index contributed by atoms with van der Waals surface area (Å²) in [6.07, 6.45) is -1.02. The number of alkyl halides is 3. The van der Waals surface area contributed by atoms with E-state index in [1.165, 1.54) is 6.07 Å². The highest BCUT2D eigenvalue weighted by Gasteiger charge is 2.60. The summed E-state index contributed by atoms with van der Waals surface area (Å²) in [5.74, 6) is -0.581. The van der Waals surface area contributed by atoms with Gasteiger partial charge in [0.05, 0.1) is 65.4 Å². The maximum Gasteiger partial charge on any atom is 0.417 e. The number of ether oxygens (including phenoxy) is 1. The van der Waals surface area contributed by atoms with E-state index in [0.29, 0.717) is 80.4 Å². The number of carbonyl (C=O) groups excluding carboxylic acids is 4. The summed E-state index contributed by atoms with van der Waals surface area (Å²) in [5, 5.41) is 25.0. The van der Waals surface area contributed by atoms with Crippen molar-refractivity contribution in [2.45, 2.75) is 102 Å². The highest BCUT2D eigenvalue weighted by atomic mass is 32.1. The fourth-order valence-corrected chi connectivity index (χ4v) is 9.31. The van der Waals surface area contributed by atoms with Crippen LogP contribution in [-0.2, 0) is 25.4 Å². The molecule has 0 bridgehead atoms. The lowest BCUT2D eigenvalue weighted by atomic mass is 9.75. The summed E-state index contributed by atoms with van der Waals surface area (Å²) in [7, 11) is 0. The molecule has 3 heterocycles. The van der Waals surface area contributed by atoms with E-state index in [-0.39, 0.29) is 59.2 Å². The van der Waals surface area contributed by atoms with Gasteiger partial charge < -0.3 is 20.3 Å². The first-order valence-corrected chi connectivity index (χ1v) is 21.4. The first-order chi connectivity index (χ1) is 29.9. The molecule has 2 aliphatic carbocycles. The number of nitriles is 2. The highest BCUT2D eigenvalue weighted by molar-refractivity contribution is 7.81. The van der Waals surface area contributed by atoms with E-state index in [9.17, 15) is 42.9 Å². The minimum absolute atomic E-state index is 0.0213. The van der Waals surface area contributed by atoms with Crippen LogP contribution in [0.4, 0.5) is 35.9 Å². The molecule has 63 heavy (non-hydrogen) atoms. The van der Waals surface area contributed by atoms with Gasteiger partial charge in [0.15, 0.2) is 10.9 Å². The van der Waals surface area contributed by atoms with E-state index >= 15 is 0 Å². The van der Waals surface area contributed by atoms with Crippen LogP contribution in [0.3, 0.4) is 0 Å². The summed E-state index contributed by atoms with van der Waals surface area (Å²) < 4.78 is 48.0. The van der Waals surface area contributed by atoms with E-state index < -0.39 is 34.8 Å². The number of benzene rings is 2. The van der Waals surface area contributed by atoms with Crippen molar-refractivity contribution in [3.8, 4) is 18.0 Å². The molecule has 3 aromatic rings. The number of ketones is 2. The van der Waals surface area contributed by atoms with Crippen LogP contribution >= 0.6 is 12.2 Å². The lowest BCUT2D eigenvalue weighted by molar-refractivity contribution is -0.138. The Morgan fingerprint density at radius 2 is 1.71 bits per heavy atom. The molecule has 4 fully saturated rings. The number of amides is 2. The standard InChI is InChI=1S/C45H48F3N9O5S/c1-26(2)36-17-34(57-43(63)56(42(61)44(57)10-5-11-44)33-7-6-30(21-50)37(18-33)45(46,47)48)22-51-41(36)62-13-12-54-23-28(4)55(24-27(54)3)25-40(60)53-32-15-29(20-49)14-31(16-32)52-38-9-8-35(58)19-39(38)59/h6-7,14-18,22,26-28,38,52H,5,8-13,19,23-25H2,1-4H3,(H,53,60)/t27-,28-,38?/m1/s1. The zero-order chi connectivity index (χ0) is 45.4. The van der Waals surface area contributed by atoms with Crippen molar-refractivity contribution in [1.82, 2.24) is 14.8 Å². The van der Waals surface area contributed by atoms with Gasteiger partial charge in [0.2, 0.25) is 11.8 Å². The number of pyridine rings is 1. The average Bonchev–Trinajstić information content (AvgIpc) is 3.46. The van der Waals surface area contributed by atoms with E-state index in [1.54, 1.807) is 35.4 Å². The van der Waals surface area contributed by atoms with E-state index in [0.717, 1.165) is 29.0 Å². The average molecular weight is 884 g/mol. The number of anilines is 4. The van der Waals surface area contributed by atoms with Crippen LogP contribution in [0.15, 0.2) is 48.7 Å². The van der Waals surface area contributed by atoms with Crippen molar-refractivity contribution < 1.29 is 37.1 Å². The number of piperazine rings is 1. The molecule has 7 rings (SSSR count). The maximum absolute atomic E-state index is 14.0. The molecule has 1 aromatic heterocycles. The van der Waals surface area contributed by atoms with Gasteiger partial charge in [0.25, 0.3) is 5.91 Å². The number of hydrogen-bond acceptors (Lipinski definition) is 12. The molecule has 2 saturated carbocycles. The van der Waals surface area contributed by atoms with Gasteiger partial charge in [-0.3, -0.25) is 33.9 Å². The first kappa shape index (κ1) is 45.1. The van der Waals surface area contributed by atoms with Crippen LogP contribution in [0, 0.1) is 22.7 Å². The number of carbonyl (C=O) groups is 4. The Morgan fingerprint density at radius 1 is 1.00 bits per heavy atom. The number of aromatic nitrogens is 1. The summed E-state index contributed by atoms with van der Waals surface area (Å²) in [4.78, 5) is 63.3. The zero-order valence-corrected chi connectivity index (χ0v) is 36.2. The fraction of sp³-hybridized carbons (Fsp3) is 0.467. The Balaban J connectivity index is 0.969. The predicted octanol–water partition coefficient (Wildman–Crippen LogP) is 6.54. The predicted molar refractivity (Wildman–Crippen MR) is 232 cm³/mol. The molecule has 1 spiro atoms. The molecule has 2 amide bonds. The quantitative estimate of drug-likeness (QED) is 0.148. The monoisotopic (exact) mass is 883 g/mol. The van der Waals surface area contributed by atoms with Gasteiger partial charge in [-0.2, -0.15) is 23.7 Å². The molecule has 2 aromatic carbocycles. The lowest BCUT2D eigenvalue weighted by Crippen LogP contribution is -2.58. The summed E-state index contributed by atoms with van der Waals surface area (Å²) in [6, 6.07) is 13.1. The minimum atomic E-state index is -4.81. The smallest absolute Gasteiger partial charge is 0.417 e. The van der Waals surface area contributed by atoms with Crippen LogP contribution < -0.4 is 25.2 Å². The number of rotatable bonds is 12. The zero-order valence-electron chi connectivity index (χ0n) is 35.4. The second-order valence-corrected chi connectivity index (χ2v) is 17.4. The largest absolute Gasteiger partial charge is 0.476 e. The number of thiocarbonyl (C=S) groups is 1. The van der Waals surface area contributed by atoms with Crippen LogP contribution in [-0.4, -0.2) is 99.7 Å². The molecule has 2 aliphatic heterocycles. The van der Waals surface area contributed by atoms with Crippen LogP contribution in [0.25, 0.3) is 0 Å². The van der Waals surface area contributed by atoms with E-state index in [4.69, 9.17) is 17.0 Å². The normalized spacial score (nSPS) is 21.7. The number of nitrogens with zero attached hydrogens (tertiary/aromatic N) is 7.